The summed E-state index contributed by atoms with van der Waals surface area (Å²) >= 11 is 0. The van der Waals surface area contributed by atoms with Gasteiger partial charge in [-0.3, -0.25) is 0 Å². The van der Waals surface area contributed by atoms with E-state index in [1.165, 1.54) is 13.8 Å². The largest absolute Gasteiger partial charge is 0.387 e. The molecular formula is C22H36F4O4. The lowest BCUT2D eigenvalue weighted by molar-refractivity contribution is -0.269. The molecule has 0 aliphatic heterocycles. The van der Waals surface area contributed by atoms with Crippen LogP contribution in [0.3, 0.4) is 0 Å². The zero-order chi connectivity index (χ0) is 22.5. The van der Waals surface area contributed by atoms with Gasteiger partial charge in [-0.15, -0.1) is 0 Å². The van der Waals surface area contributed by atoms with Crippen molar-refractivity contribution in [1.29, 1.82) is 0 Å². The summed E-state index contributed by atoms with van der Waals surface area (Å²) in [4.78, 5) is 0. The van der Waals surface area contributed by atoms with Crippen LogP contribution in [0.25, 0.3) is 0 Å². The normalized spacial score (nSPS) is 49.8. The van der Waals surface area contributed by atoms with E-state index in [2.05, 4.69) is 0 Å². The summed E-state index contributed by atoms with van der Waals surface area (Å²) in [6.07, 6.45) is 2.39. The predicted molar refractivity (Wildman–Crippen MR) is 103 cm³/mol. The molecule has 0 bridgehead atoms. The van der Waals surface area contributed by atoms with Crippen molar-refractivity contribution in [2.24, 2.45) is 23.7 Å². The van der Waals surface area contributed by atoms with Gasteiger partial charge in [0.1, 0.15) is 12.2 Å². The van der Waals surface area contributed by atoms with Gasteiger partial charge in [-0.2, -0.15) is 0 Å². The number of hydrogen-bond acceptors (Lipinski definition) is 4. The zero-order valence-electron chi connectivity index (χ0n) is 17.8. The van der Waals surface area contributed by atoms with E-state index < -0.39 is 47.1 Å². The van der Waals surface area contributed by atoms with Crippen LogP contribution in [-0.4, -0.2) is 55.7 Å². The van der Waals surface area contributed by atoms with E-state index in [0.717, 1.165) is 38.5 Å². The molecule has 4 aliphatic carbocycles. The molecule has 176 valence electrons. The van der Waals surface area contributed by atoms with Crippen LogP contribution in [-0.2, 0) is 0 Å². The van der Waals surface area contributed by atoms with Crippen molar-refractivity contribution in [2.75, 3.05) is 0 Å². The number of hydrogen-bond donors (Lipinski definition) is 4. The molecule has 0 radical (unpaired) electrons. The van der Waals surface area contributed by atoms with Gasteiger partial charge < -0.3 is 20.4 Å². The molecule has 4 N–H and O–H groups in total. The van der Waals surface area contributed by atoms with E-state index in [0.29, 0.717) is 25.7 Å². The molecule has 0 spiro atoms. The SMILES string of the molecule is C[C@@H]1C[C@@H]2CCCC[C@@]2(O)[C@@H](O)C1(F)F.C[C@H]1C[C@H]2CCCC[C@]2(O)[C@H](O)C1(F)F. The zero-order valence-corrected chi connectivity index (χ0v) is 17.8. The third kappa shape index (κ3) is 3.80. The van der Waals surface area contributed by atoms with Gasteiger partial charge in [0, 0.05) is 11.8 Å². The molecule has 0 aromatic rings. The predicted octanol–water partition coefficient (Wildman–Crippen LogP) is 3.89. The van der Waals surface area contributed by atoms with Gasteiger partial charge in [-0.05, 0) is 50.4 Å². The number of fused-ring (bicyclic) bond motifs is 2. The summed E-state index contributed by atoms with van der Waals surface area (Å²) in [7, 11) is 0. The first-order valence-electron chi connectivity index (χ1n) is 11.3. The third-order valence-electron chi connectivity index (χ3n) is 8.44. The smallest absolute Gasteiger partial charge is 0.278 e. The Kier molecular flexibility index (Phi) is 6.58. The van der Waals surface area contributed by atoms with Crippen LogP contribution in [0.2, 0.25) is 0 Å². The van der Waals surface area contributed by atoms with Crippen LogP contribution in [0.1, 0.15) is 78.1 Å². The lowest BCUT2D eigenvalue weighted by atomic mass is 9.62. The van der Waals surface area contributed by atoms with Crippen LogP contribution >= 0.6 is 0 Å². The molecule has 0 heterocycles. The maximum absolute atomic E-state index is 13.6. The second-order valence-electron chi connectivity index (χ2n) is 10.3. The Bertz CT molecular complexity index is 566. The highest BCUT2D eigenvalue weighted by atomic mass is 19.3. The highest BCUT2D eigenvalue weighted by Crippen LogP contribution is 2.52. The molecule has 0 saturated heterocycles. The molecular weight excluding hydrogens is 404 g/mol. The van der Waals surface area contributed by atoms with Crippen molar-refractivity contribution in [2.45, 2.75) is 113 Å². The average molecular weight is 441 g/mol. The number of aliphatic hydroxyl groups excluding tert-OH is 2. The number of rotatable bonds is 0. The summed E-state index contributed by atoms with van der Waals surface area (Å²) in [5.41, 5.74) is -3.09. The fraction of sp³-hybridized carbons (Fsp3) is 1.00. The highest BCUT2D eigenvalue weighted by molar-refractivity contribution is 5.08. The molecule has 30 heavy (non-hydrogen) atoms. The molecule has 8 heteroatoms. The second kappa shape index (κ2) is 8.16. The number of aliphatic hydroxyl groups is 4. The van der Waals surface area contributed by atoms with Crippen molar-refractivity contribution in [3.05, 3.63) is 0 Å². The van der Waals surface area contributed by atoms with Gasteiger partial charge >= 0.3 is 0 Å². The minimum Gasteiger partial charge on any atom is -0.387 e. The highest BCUT2D eigenvalue weighted by Gasteiger charge is 2.63. The first-order valence-corrected chi connectivity index (χ1v) is 11.3. The lowest BCUT2D eigenvalue weighted by Crippen LogP contribution is -2.64. The van der Waals surface area contributed by atoms with Gasteiger partial charge in [-0.1, -0.05) is 39.5 Å². The van der Waals surface area contributed by atoms with Crippen molar-refractivity contribution in [3.8, 4) is 0 Å². The molecule has 0 aromatic carbocycles. The van der Waals surface area contributed by atoms with Crippen LogP contribution in [0.15, 0.2) is 0 Å². The van der Waals surface area contributed by atoms with E-state index in [9.17, 15) is 38.0 Å². The van der Waals surface area contributed by atoms with Crippen LogP contribution in [0.4, 0.5) is 17.6 Å². The monoisotopic (exact) mass is 440 g/mol. The Morgan fingerprint density at radius 2 is 0.967 bits per heavy atom. The van der Waals surface area contributed by atoms with Gasteiger partial charge in [-0.25, -0.2) is 17.6 Å². The quantitative estimate of drug-likeness (QED) is 0.431. The average Bonchev–Trinajstić information content (AvgIpc) is 2.68. The maximum atomic E-state index is 13.6. The van der Waals surface area contributed by atoms with E-state index in [1.807, 2.05) is 0 Å². The number of halogens is 4. The molecule has 4 saturated carbocycles. The van der Waals surface area contributed by atoms with Crippen molar-refractivity contribution >= 4 is 0 Å². The molecule has 8 atom stereocenters. The van der Waals surface area contributed by atoms with E-state index >= 15 is 0 Å². The lowest BCUT2D eigenvalue weighted by Gasteiger charge is -2.51. The molecule has 4 nitrogen and oxygen atoms in total. The summed E-state index contributed by atoms with van der Waals surface area (Å²) in [6, 6.07) is 0. The first kappa shape index (κ1) is 24.2. The third-order valence-corrected chi connectivity index (χ3v) is 8.44. The van der Waals surface area contributed by atoms with Gasteiger partial charge in [0.25, 0.3) is 11.8 Å². The minimum absolute atomic E-state index is 0.157. The Hall–Kier alpha value is -0.440. The van der Waals surface area contributed by atoms with Gasteiger partial charge in [0.05, 0.1) is 11.2 Å². The van der Waals surface area contributed by atoms with E-state index in [4.69, 9.17) is 0 Å². The van der Waals surface area contributed by atoms with Crippen LogP contribution in [0, 0.1) is 23.7 Å². The van der Waals surface area contributed by atoms with Crippen molar-refractivity contribution < 1.29 is 38.0 Å². The molecule has 4 rings (SSSR count). The van der Waals surface area contributed by atoms with E-state index in [-0.39, 0.29) is 11.8 Å². The molecule has 4 aliphatic rings. The van der Waals surface area contributed by atoms with Crippen LogP contribution < -0.4 is 0 Å². The number of alkyl halides is 4. The standard InChI is InChI=1S/2C11H18F2O2/c2*1-7-6-8-4-2-3-5-10(8,15)9(14)11(7,12)13/h2*7-9,14-15H,2-6H2,1H3/t2*7-,8+,9-,10+/m10/s1. The topological polar surface area (TPSA) is 80.9 Å². The van der Waals surface area contributed by atoms with E-state index in [1.54, 1.807) is 0 Å². The Morgan fingerprint density at radius 3 is 1.30 bits per heavy atom. The van der Waals surface area contributed by atoms with Crippen molar-refractivity contribution in [3.63, 3.8) is 0 Å². The van der Waals surface area contributed by atoms with Gasteiger partial charge in [0.2, 0.25) is 0 Å². The Balaban J connectivity index is 0.000000171. The first-order chi connectivity index (χ1) is 13.8. The fourth-order valence-corrected chi connectivity index (χ4v) is 6.24. The van der Waals surface area contributed by atoms with Gasteiger partial charge in [0.15, 0.2) is 0 Å². The Labute approximate surface area is 175 Å². The van der Waals surface area contributed by atoms with Crippen molar-refractivity contribution in [1.82, 2.24) is 0 Å². The van der Waals surface area contributed by atoms with Crippen LogP contribution in [0.5, 0.6) is 0 Å². The maximum Gasteiger partial charge on any atom is 0.278 e. The Morgan fingerprint density at radius 1 is 0.633 bits per heavy atom. The summed E-state index contributed by atoms with van der Waals surface area (Å²) in [5, 5.41) is 39.7. The minimum atomic E-state index is -3.15. The molecule has 0 unspecified atom stereocenters. The second-order valence-corrected chi connectivity index (χ2v) is 10.3. The molecule has 0 aromatic heterocycles. The summed E-state index contributed by atoms with van der Waals surface area (Å²) in [6.45, 7) is 2.91. The molecule has 0 amide bonds. The fourth-order valence-electron chi connectivity index (χ4n) is 6.24. The molecule has 4 fully saturated rings. The summed E-state index contributed by atoms with van der Waals surface area (Å²) in [5.74, 6) is -8.29. The summed E-state index contributed by atoms with van der Waals surface area (Å²) < 4.78 is 54.4.